The van der Waals surface area contributed by atoms with Crippen LogP contribution in [0.2, 0.25) is 4.34 Å². The van der Waals surface area contributed by atoms with Crippen LogP contribution in [-0.4, -0.2) is 37.0 Å². The van der Waals surface area contributed by atoms with Crippen LogP contribution in [0.4, 0.5) is 0 Å². The molecule has 1 aromatic rings. The van der Waals surface area contributed by atoms with Gasteiger partial charge in [-0.25, -0.2) is 0 Å². The molecule has 0 spiro atoms. The Morgan fingerprint density at radius 1 is 1.55 bits per heavy atom. The van der Waals surface area contributed by atoms with Gasteiger partial charge in [0.2, 0.25) is 5.91 Å². The maximum atomic E-state index is 11.8. The highest BCUT2D eigenvalue weighted by molar-refractivity contribution is 7.16. The molecule has 0 aliphatic carbocycles. The number of halogens is 1. The monoisotopic (exact) mass is 314 g/mol. The Morgan fingerprint density at radius 3 is 3.10 bits per heavy atom. The molecule has 2 rings (SSSR count). The predicted octanol–water partition coefficient (Wildman–Crippen LogP) is 3.18. The van der Waals surface area contributed by atoms with E-state index in [-0.39, 0.29) is 5.91 Å². The summed E-state index contributed by atoms with van der Waals surface area (Å²) in [5.41, 5.74) is 0. The molecule has 0 bridgehead atoms. The second-order valence-electron chi connectivity index (χ2n) is 5.47. The van der Waals surface area contributed by atoms with Gasteiger partial charge in [0.15, 0.2) is 0 Å². The molecule has 1 aromatic heterocycles. The van der Waals surface area contributed by atoms with Crippen LogP contribution in [0.15, 0.2) is 12.1 Å². The number of carbonyl (C=O) groups is 1. The van der Waals surface area contributed by atoms with Crippen molar-refractivity contribution in [2.75, 3.05) is 26.2 Å². The molecular formula is C15H23ClN2OS. The zero-order valence-electron chi connectivity index (χ0n) is 12.0. The minimum atomic E-state index is 0.156. The highest BCUT2D eigenvalue weighted by atomic mass is 35.5. The van der Waals surface area contributed by atoms with Crippen molar-refractivity contribution in [2.45, 2.75) is 32.6 Å². The van der Waals surface area contributed by atoms with Gasteiger partial charge in [-0.2, -0.15) is 0 Å². The number of thiophene rings is 1. The summed E-state index contributed by atoms with van der Waals surface area (Å²) in [5, 5.41) is 3.07. The van der Waals surface area contributed by atoms with Crippen LogP contribution >= 0.6 is 22.9 Å². The van der Waals surface area contributed by atoms with E-state index < -0.39 is 0 Å². The molecular weight excluding hydrogens is 292 g/mol. The van der Waals surface area contributed by atoms with Gasteiger partial charge in [0.1, 0.15) is 0 Å². The van der Waals surface area contributed by atoms with Crippen LogP contribution in [-0.2, 0) is 11.2 Å². The first kappa shape index (κ1) is 15.8. The van der Waals surface area contributed by atoms with Gasteiger partial charge in [0.05, 0.1) is 4.34 Å². The third-order valence-electron chi connectivity index (χ3n) is 3.73. The highest BCUT2D eigenvalue weighted by Crippen LogP contribution is 2.22. The Morgan fingerprint density at radius 2 is 2.40 bits per heavy atom. The van der Waals surface area contributed by atoms with E-state index in [1.807, 2.05) is 12.1 Å². The molecule has 1 amide bonds. The number of hydrogen-bond acceptors (Lipinski definition) is 3. The fourth-order valence-electron chi connectivity index (χ4n) is 2.67. The number of carbonyl (C=O) groups excluding carboxylic acids is 1. The highest BCUT2D eigenvalue weighted by Gasteiger charge is 2.21. The number of amides is 1. The van der Waals surface area contributed by atoms with Gasteiger partial charge in [0.25, 0.3) is 0 Å². The maximum Gasteiger partial charge on any atom is 0.220 e. The molecule has 0 aromatic carbocycles. The van der Waals surface area contributed by atoms with E-state index in [9.17, 15) is 4.79 Å². The summed E-state index contributed by atoms with van der Waals surface area (Å²) in [6, 6.07) is 3.89. The van der Waals surface area contributed by atoms with Crippen LogP contribution in [0.3, 0.4) is 0 Å². The molecule has 1 N–H and O–H groups in total. The van der Waals surface area contributed by atoms with E-state index in [1.54, 1.807) is 11.3 Å². The Hall–Kier alpha value is -0.580. The standard InChI is InChI=1S/C15H23ClN2OS/c1-2-8-18-9-7-12(11-18)10-17-15(19)6-4-13-3-5-14(16)20-13/h3,5,12H,2,4,6-11H2,1H3,(H,17,19)/t12-/m0/s1. The van der Waals surface area contributed by atoms with E-state index in [0.717, 1.165) is 23.8 Å². The van der Waals surface area contributed by atoms with Gasteiger partial charge in [-0.05, 0) is 50.4 Å². The molecule has 0 radical (unpaired) electrons. The van der Waals surface area contributed by atoms with Gasteiger partial charge >= 0.3 is 0 Å². The van der Waals surface area contributed by atoms with Crippen LogP contribution in [0, 0.1) is 5.92 Å². The molecule has 0 unspecified atom stereocenters. The van der Waals surface area contributed by atoms with Crippen molar-refractivity contribution in [2.24, 2.45) is 5.92 Å². The third kappa shape index (κ3) is 5.08. The first-order chi connectivity index (χ1) is 9.67. The van der Waals surface area contributed by atoms with Crippen molar-refractivity contribution >= 4 is 28.8 Å². The zero-order valence-corrected chi connectivity index (χ0v) is 13.6. The quantitative estimate of drug-likeness (QED) is 0.838. The second kappa shape index (κ2) is 8.01. The molecule has 112 valence electrons. The maximum absolute atomic E-state index is 11.8. The number of hydrogen-bond donors (Lipinski definition) is 1. The lowest BCUT2D eigenvalue weighted by atomic mass is 10.1. The zero-order chi connectivity index (χ0) is 14.4. The summed E-state index contributed by atoms with van der Waals surface area (Å²) in [7, 11) is 0. The molecule has 0 saturated carbocycles. The Bertz CT molecular complexity index is 435. The fraction of sp³-hybridized carbons (Fsp3) is 0.667. The Kier molecular flexibility index (Phi) is 6.33. The minimum absolute atomic E-state index is 0.156. The average Bonchev–Trinajstić information content (AvgIpc) is 3.04. The summed E-state index contributed by atoms with van der Waals surface area (Å²) in [4.78, 5) is 15.5. The van der Waals surface area contributed by atoms with Crippen molar-refractivity contribution < 1.29 is 4.79 Å². The van der Waals surface area contributed by atoms with Crippen LogP contribution in [0.5, 0.6) is 0 Å². The largest absolute Gasteiger partial charge is 0.356 e. The SMILES string of the molecule is CCCN1CC[C@@H](CNC(=O)CCc2ccc(Cl)s2)C1. The Balaban J connectivity index is 1.61. The lowest BCUT2D eigenvalue weighted by Crippen LogP contribution is -2.31. The van der Waals surface area contributed by atoms with Crippen molar-refractivity contribution in [1.82, 2.24) is 10.2 Å². The van der Waals surface area contributed by atoms with Crippen molar-refractivity contribution in [3.05, 3.63) is 21.3 Å². The predicted molar refractivity (Wildman–Crippen MR) is 85.5 cm³/mol. The van der Waals surface area contributed by atoms with E-state index in [2.05, 4.69) is 17.1 Å². The van der Waals surface area contributed by atoms with Crippen LogP contribution in [0.1, 0.15) is 31.1 Å². The summed E-state index contributed by atoms with van der Waals surface area (Å²) in [6.07, 6.45) is 3.77. The van der Waals surface area contributed by atoms with Crippen LogP contribution in [0.25, 0.3) is 0 Å². The van der Waals surface area contributed by atoms with Crippen LogP contribution < -0.4 is 5.32 Å². The minimum Gasteiger partial charge on any atom is -0.356 e. The molecule has 2 heterocycles. The molecule has 3 nitrogen and oxygen atoms in total. The molecule has 1 fully saturated rings. The normalized spacial score (nSPS) is 19.4. The molecule has 1 atom stereocenters. The van der Waals surface area contributed by atoms with Gasteiger partial charge in [-0.1, -0.05) is 18.5 Å². The number of nitrogens with one attached hydrogen (secondary N) is 1. The molecule has 20 heavy (non-hydrogen) atoms. The molecule has 1 saturated heterocycles. The lowest BCUT2D eigenvalue weighted by molar-refractivity contribution is -0.121. The number of nitrogens with zero attached hydrogens (tertiary/aromatic N) is 1. The second-order valence-corrected chi connectivity index (χ2v) is 7.26. The van der Waals surface area contributed by atoms with Crippen molar-refractivity contribution in [3.63, 3.8) is 0 Å². The summed E-state index contributed by atoms with van der Waals surface area (Å²) >= 11 is 7.43. The summed E-state index contributed by atoms with van der Waals surface area (Å²) in [6.45, 7) is 6.54. The van der Waals surface area contributed by atoms with E-state index in [4.69, 9.17) is 11.6 Å². The summed E-state index contributed by atoms with van der Waals surface area (Å²) in [5.74, 6) is 0.783. The number of rotatable bonds is 7. The summed E-state index contributed by atoms with van der Waals surface area (Å²) < 4.78 is 0.794. The van der Waals surface area contributed by atoms with E-state index >= 15 is 0 Å². The van der Waals surface area contributed by atoms with Gasteiger partial charge < -0.3 is 10.2 Å². The molecule has 1 aliphatic rings. The average molecular weight is 315 g/mol. The van der Waals surface area contributed by atoms with Crippen molar-refractivity contribution in [3.8, 4) is 0 Å². The van der Waals surface area contributed by atoms with E-state index in [1.165, 1.54) is 30.8 Å². The fourth-order valence-corrected chi connectivity index (χ4v) is 3.76. The van der Waals surface area contributed by atoms with Gasteiger partial charge in [0, 0.05) is 24.4 Å². The first-order valence-corrected chi connectivity index (χ1v) is 8.60. The van der Waals surface area contributed by atoms with Gasteiger partial charge in [-0.3, -0.25) is 4.79 Å². The number of likely N-dealkylation sites (tertiary alicyclic amines) is 1. The topological polar surface area (TPSA) is 32.3 Å². The number of aryl methyl sites for hydroxylation is 1. The third-order valence-corrected chi connectivity index (χ3v) is 5.02. The van der Waals surface area contributed by atoms with Gasteiger partial charge in [-0.15, -0.1) is 11.3 Å². The lowest BCUT2D eigenvalue weighted by Gasteiger charge is -2.15. The molecule has 5 heteroatoms. The van der Waals surface area contributed by atoms with E-state index in [0.29, 0.717) is 12.3 Å². The first-order valence-electron chi connectivity index (χ1n) is 7.40. The molecule has 1 aliphatic heterocycles. The van der Waals surface area contributed by atoms with Crippen molar-refractivity contribution in [1.29, 1.82) is 0 Å². The smallest absolute Gasteiger partial charge is 0.220 e. The Labute approximate surface area is 130 Å².